The quantitative estimate of drug-likeness (QED) is 0.686. The van der Waals surface area contributed by atoms with Gasteiger partial charge in [-0.15, -0.1) is 0 Å². The summed E-state index contributed by atoms with van der Waals surface area (Å²) in [7, 11) is 0. The van der Waals surface area contributed by atoms with E-state index in [1.165, 1.54) is 0 Å². The van der Waals surface area contributed by atoms with Crippen LogP contribution in [0.2, 0.25) is 5.02 Å². The molecule has 0 spiro atoms. The van der Waals surface area contributed by atoms with Crippen molar-refractivity contribution < 1.29 is 4.79 Å². The molecule has 0 saturated carbocycles. The smallest absolute Gasteiger partial charge is 0.222 e. The zero-order valence-corrected chi connectivity index (χ0v) is 14.7. The molecule has 0 aliphatic carbocycles. The van der Waals surface area contributed by atoms with Crippen LogP contribution in [-0.4, -0.2) is 21.9 Å². The molecule has 0 saturated heterocycles. The Morgan fingerprint density at radius 1 is 1.17 bits per heavy atom. The van der Waals surface area contributed by atoms with E-state index in [2.05, 4.69) is 17.6 Å². The lowest BCUT2D eigenvalue weighted by atomic mass is 10.2. The Kier molecular flexibility index (Phi) is 6.72. The first-order valence-corrected chi connectivity index (χ1v) is 8.68. The number of halogens is 1. The van der Waals surface area contributed by atoms with Crippen LogP contribution in [0.5, 0.6) is 0 Å². The topological polar surface area (TPSA) is 25.2 Å². The van der Waals surface area contributed by atoms with E-state index < -0.39 is 0 Å². The first kappa shape index (κ1) is 17.6. The number of aromatic nitrogens is 1. The molecule has 4 heteroatoms. The van der Waals surface area contributed by atoms with Crippen molar-refractivity contribution in [1.29, 1.82) is 0 Å². The fourth-order valence-corrected chi connectivity index (χ4v) is 2.81. The van der Waals surface area contributed by atoms with Crippen molar-refractivity contribution in [3.05, 3.63) is 58.9 Å². The molecular formula is C19H25ClN2O. The van der Waals surface area contributed by atoms with E-state index in [1.807, 2.05) is 48.4 Å². The normalized spacial score (nSPS) is 10.7. The third-order valence-electron chi connectivity index (χ3n) is 4.01. The summed E-state index contributed by atoms with van der Waals surface area (Å²) in [5.41, 5.74) is 2.23. The molecule has 0 radical (unpaired) electrons. The molecule has 0 N–H and O–H groups in total. The summed E-state index contributed by atoms with van der Waals surface area (Å²) in [4.78, 5) is 14.1. The minimum Gasteiger partial charge on any atom is -0.345 e. The van der Waals surface area contributed by atoms with E-state index in [-0.39, 0.29) is 5.91 Å². The second kappa shape index (κ2) is 8.78. The molecule has 0 aliphatic heterocycles. The third kappa shape index (κ3) is 4.87. The van der Waals surface area contributed by atoms with Crippen LogP contribution < -0.4 is 0 Å². The number of benzene rings is 1. The molecule has 2 rings (SSSR count). The van der Waals surface area contributed by atoms with Crippen LogP contribution in [0.15, 0.2) is 42.6 Å². The molecule has 3 nitrogen and oxygen atoms in total. The largest absolute Gasteiger partial charge is 0.345 e. The minimum atomic E-state index is 0.212. The van der Waals surface area contributed by atoms with Gasteiger partial charge in [-0.3, -0.25) is 4.79 Å². The Hall–Kier alpha value is -1.74. The lowest BCUT2D eigenvalue weighted by molar-refractivity contribution is -0.131. The Balaban J connectivity index is 2.13. The van der Waals surface area contributed by atoms with Crippen LogP contribution >= 0.6 is 11.6 Å². The van der Waals surface area contributed by atoms with Gasteiger partial charge in [0, 0.05) is 36.4 Å². The zero-order valence-electron chi connectivity index (χ0n) is 14.0. The second-order valence-electron chi connectivity index (χ2n) is 5.74. The van der Waals surface area contributed by atoms with E-state index in [0.29, 0.717) is 13.0 Å². The maximum Gasteiger partial charge on any atom is 0.222 e. The van der Waals surface area contributed by atoms with Crippen molar-refractivity contribution in [1.82, 2.24) is 9.47 Å². The monoisotopic (exact) mass is 332 g/mol. The average Bonchev–Trinajstić information content (AvgIpc) is 2.99. The molecule has 1 amide bonds. The van der Waals surface area contributed by atoms with E-state index >= 15 is 0 Å². The van der Waals surface area contributed by atoms with Crippen molar-refractivity contribution >= 4 is 17.5 Å². The molecule has 1 aromatic heterocycles. The summed E-state index contributed by atoms with van der Waals surface area (Å²) in [6, 6.07) is 12.0. The van der Waals surface area contributed by atoms with Crippen LogP contribution in [0.3, 0.4) is 0 Å². The first-order chi connectivity index (χ1) is 11.2. The second-order valence-corrected chi connectivity index (χ2v) is 6.15. The minimum absolute atomic E-state index is 0.212. The van der Waals surface area contributed by atoms with Crippen molar-refractivity contribution in [2.45, 2.75) is 46.2 Å². The molecule has 0 aliphatic rings. The Labute approximate surface area is 143 Å². The molecule has 0 fully saturated rings. The Morgan fingerprint density at radius 2 is 1.96 bits per heavy atom. The average molecular weight is 333 g/mol. The van der Waals surface area contributed by atoms with Crippen molar-refractivity contribution in [3.8, 4) is 0 Å². The van der Waals surface area contributed by atoms with Gasteiger partial charge in [-0.1, -0.05) is 50.1 Å². The van der Waals surface area contributed by atoms with E-state index in [4.69, 9.17) is 11.6 Å². The van der Waals surface area contributed by atoms with Crippen molar-refractivity contribution in [2.24, 2.45) is 0 Å². The van der Waals surface area contributed by atoms with Gasteiger partial charge < -0.3 is 9.47 Å². The van der Waals surface area contributed by atoms with Gasteiger partial charge in [-0.05, 0) is 30.2 Å². The maximum atomic E-state index is 12.2. The predicted molar refractivity (Wildman–Crippen MR) is 95.6 cm³/mol. The molecule has 0 bridgehead atoms. The van der Waals surface area contributed by atoms with Gasteiger partial charge in [0.1, 0.15) is 0 Å². The summed E-state index contributed by atoms with van der Waals surface area (Å²) in [5, 5.41) is 0.777. The molecule has 23 heavy (non-hydrogen) atoms. The summed E-state index contributed by atoms with van der Waals surface area (Å²) in [6.07, 6.45) is 4.73. The van der Waals surface area contributed by atoms with Crippen LogP contribution in [0.4, 0.5) is 0 Å². The summed E-state index contributed by atoms with van der Waals surface area (Å²) >= 11 is 6.26. The Bertz CT molecular complexity index is 636. The number of rotatable bonds is 8. The number of nitrogens with zero attached hydrogens (tertiary/aromatic N) is 2. The molecular weight excluding hydrogens is 308 g/mol. The highest BCUT2D eigenvalue weighted by Gasteiger charge is 2.14. The summed E-state index contributed by atoms with van der Waals surface area (Å²) in [5.74, 6) is 0.212. The van der Waals surface area contributed by atoms with Gasteiger partial charge in [0.15, 0.2) is 0 Å². The lowest BCUT2D eigenvalue weighted by Gasteiger charge is -2.23. The molecule has 0 atom stereocenters. The summed E-state index contributed by atoms with van der Waals surface area (Å²) < 4.78 is 2.17. The predicted octanol–water partition coefficient (Wildman–Crippen LogP) is 4.73. The number of unbranched alkanes of at least 4 members (excludes halogenated alkanes) is 1. The SMILES string of the molecule is CCCCN(Cc1cccn1Cc1ccccc1Cl)C(=O)CC. The van der Waals surface area contributed by atoms with Crippen molar-refractivity contribution in [2.75, 3.05) is 6.54 Å². The first-order valence-electron chi connectivity index (χ1n) is 8.30. The Morgan fingerprint density at radius 3 is 2.65 bits per heavy atom. The zero-order chi connectivity index (χ0) is 16.7. The van der Waals surface area contributed by atoms with E-state index in [1.54, 1.807) is 0 Å². The highest BCUT2D eigenvalue weighted by Crippen LogP contribution is 2.18. The highest BCUT2D eigenvalue weighted by atomic mass is 35.5. The fourth-order valence-electron chi connectivity index (χ4n) is 2.62. The van der Waals surface area contributed by atoms with Gasteiger partial charge in [0.05, 0.1) is 6.54 Å². The van der Waals surface area contributed by atoms with Crippen LogP contribution in [0.25, 0.3) is 0 Å². The van der Waals surface area contributed by atoms with Gasteiger partial charge in [-0.25, -0.2) is 0 Å². The number of carbonyl (C=O) groups is 1. The molecule has 0 unspecified atom stereocenters. The van der Waals surface area contributed by atoms with Crippen LogP contribution in [0, 0.1) is 0 Å². The van der Waals surface area contributed by atoms with Crippen LogP contribution in [0.1, 0.15) is 44.4 Å². The number of amides is 1. The highest BCUT2D eigenvalue weighted by molar-refractivity contribution is 6.31. The number of hydrogen-bond donors (Lipinski definition) is 0. The van der Waals surface area contributed by atoms with Crippen molar-refractivity contribution in [3.63, 3.8) is 0 Å². The number of carbonyl (C=O) groups excluding carboxylic acids is 1. The maximum absolute atomic E-state index is 12.2. The van der Waals surface area contributed by atoms with Gasteiger partial charge in [0.2, 0.25) is 5.91 Å². The molecule has 124 valence electrons. The standard InChI is InChI=1S/C19H25ClN2O/c1-3-5-12-22(19(23)4-2)15-17-10-8-13-21(17)14-16-9-6-7-11-18(16)20/h6-11,13H,3-5,12,14-15H2,1-2H3. The molecule has 1 heterocycles. The lowest BCUT2D eigenvalue weighted by Crippen LogP contribution is -2.31. The molecule has 1 aromatic carbocycles. The van der Waals surface area contributed by atoms with Gasteiger partial charge >= 0.3 is 0 Å². The fraction of sp³-hybridized carbons (Fsp3) is 0.421. The van der Waals surface area contributed by atoms with Crippen LogP contribution in [-0.2, 0) is 17.9 Å². The van der Waals surface area contributed by atoms with Gasteiger partial charge in [0.25, 0.3) is 0 Å². The summed E-state index contributed by atoms with van der Waals surface area (Å²) in [6.45, 7) is 6.27. The molecule has 2 aromatic rings. The van der Waals surface area contributed by atoms with E-state index in [9.17, 15) is 4.79 Å². The van der Waals surface area contributed by atoms with Gasteiger partial charge in [-0.2, -0.15) is 0 Å². The third-order valence-corrected chi connectivity index (χ3v) is 4.38. The van der Waals surface area contributed by atoms with E-state index in [0.717, 1.165) is 42.2 Å². The number of hydrogen-bond acceptors (Lipinski definition) is 1.